The third-order valence-electron chi connectivity index (χ3n) is 2.69. The molecule has 0 spiro atoms. The molecule has 1 aromatic rings. The van der Waals surface area contributed by atoms with Crippen molar-refractivity contribution in [2.75, 3.05) is 13.6 Å². The highest BCUT2D eigenvalue weighted by molar-refractivity contribution is 5.77. The Labute approximate surface area is 110 Å². The number of nitrogens with one attached hydrogen (secondary N) is 2. The average molecular weight is 274 g/mol. The van der Waals surface area contributed by atoms with Crippen LogP contribution in [0.4, 0.5) is 13.2 Å². The van der Waals surface area contributed by atoms with E-state index in [1.807, 2.05) is 6.92 Å². The molecule has 0 aliphatic heterocycles. The zero-order chi connectivity index (χ0) is 14.5. The number of halogens is 3. The molecule has 0 bridgehead atoms. The Balaban J connectivity index is 2.59. The molecule has 0 saturated carbocycles. The van der Waals surface area contributed by atoms with Gasteiger partial charge in [0, 0.05) is 13.1 Å². The highest BCUT2D eigenvalue weighted by Gasteiger charge is 2.30. The summed E-state index contributed by atoms with van der Waals surface area (Å²) in [6.45, 7) is 1.97. The Morgan fingerprint density at radius 1 is 1.37 bits per heavy atom. The number of rotatable bonds is 5. The van der Waals surface area contributed by atoms with E-state index in [1.165, 1.54) is 13.1 Å². The van der Waals surface area contributed by atoms with Crippen LogP contribution in [-0.2, 0) is 17.4 Å². The molecule has 0 radical (unpaired) electrons. The number of amides is 1. The zero-order valence-corrected chi connectivity index (χ0v) is 10.8. The maximum atomic E-state index is 12.5. The Hall–Kier alpha value is -1.56. The molecule has 0 saturated heterocycles. The van der Waals surface area contributed by atoms with Crippen LogP contribution in [0.2, 0.25) is 0 Å². The van der Waals surface area contributed by atoms with E-state index < -0.39 is 11.7 Å². The van der Waals surface area contributed by atoms with Crippen LogP contribution < -0.4 is 10.6 Å². The number of hydrogen-bond acceptors (Lipinski definition) is 2. The second-order valence-electron chi connectivity index (χ2n) is 4.36. The van der Waals surface area contributed by atoms with E-state index in [9.17, 15) is 18.0 Å². The summed E-state index contributed by atoms with van der Waals surface area (Å²) < 4.78 is 37.6. The van der Waals surface area contributed by atoms with Crippen molar-refractivity contribution in [1.29, 1.82) is 0 Å². The molecular weight excluding hydrogens is 257 g/mol. The summed E-state index contributed by atoms with van der Waals surface area (Å²) in [5.41, 5.74) is -0.0600. The molecular formula is C13H17F3N2O. The maximum absolute atomic E-state index is 12.5. The van der Waals surface area contributed by atoms with E-state index in [0.717, 1.165) is 12.1 Å². The Kier molecular flexibility index (Phi) is 5.35. The van der Waals surface area contributed by atoms with Crippen LogP contribution in [0.25, 0.3) is 0 Å². The summed E-state index contributed by atoms with van der Waals surface area (Å²) in [5.74, 6) is -0.157. The molecule has 1 rings (SSSR count). The molecule has 0 fully saturated rings. The van der Waals surface area contributed by atoms with Gasteiger partial charge in [0.1, 0.15) is 0 Å². The van der Waals surface area contributed by atoms with Gasteiger partial charge in [0.15, 0.2) is 0 Å². The highest BCUT2D eigenvalue weighted by Crippen LogP contribution is 2.29. The van der Waals surface area contributed by atoms with Gasteiger partial charge in [-0.1, -0.05) is 18.2 Å². The quantitative estimate of drug-likeness (QED) is 0.862. The predicted molar refractivity (Wildman–Crippen MR) is 66.7 cm³/mol. The van der Waals surface area contributed by atoms with Crippen LogP contribution >= 0.6 is 0 Å². The van der Waals surface area contributed by atoms with Gasteiger partial charge in [0.2, 0.25) is 5.91 Å². The van der Waals surface area contributed by atoms with Crippen LogP contribution in [-0.4, -0.2) is 25.5 Å². The molecule has 19 heavy (non-hydrogen) atoms. The monoisotopic (exact) mass is 274 g/mol. The molecule has 0 heterocycles. The van der Waals surface area contributed by atoms with Gasteiger partial charge in [-0.15, -0.1) is 0 Å². The summed E-state index contributed by atoms with van der Waals surface area (Å²) in [6, 6.07) is 5.14. The third kappa shape index (κ3) is 5.30. The van der Waals surface area contributed by atoms with E-state index in [0.29, 0.717) is 12.0 Å². The van der Waals surface area contributed by atoms with Gasteiger partial charge in [-0.3, -0.25) is 4.79 Å². The van der Waals surface area contributed by atoms with Crippen LogP contribution in [0.15, 0.2) is 24.3 Å². The number of benzene rings is 1. The van der Waals surface area contributed by atoms with E-state index in [-0.39, 0.29) is 18.5 Å². The van der Waals surface area contributed by atoms with Crippen molar-refractivity contribution in [2.24, 2.45) is 0 Å². The minimum atomic E-state index is -4.32. The summed E-state index contributed by atoms with van der Waals surface area (Å²) in [4.78, 5) is 11.0. The van der Waals surface area contributed by atoms with Crippen molar-refractivity contribution in [3.8, 4) is 0 Å². The Morgan fingerprint density at radius 2 is 2.05 bits per heavy atom. The number of carbonyl (C=O) groups excluding carboxylic acids is 1. The average Bonchev–Trinajstić information content (AvgIpc) is 2.35. The van der Waals surface area contributed by atoms with Crippen molar-refractivity contribution < 1.29 is 18.0 Å². The van der Waals surface area contributed by atoms with E-state index in [1.54, 1.807) is 6.07 Å². The lowest BCUT2D eigenvalue weighted by Gasteiger charge is -2.14. The molecule has 3 nitrogen and oxygen atoms in total. The smallest absolute Gasteiger partial charge is 0.358 e. The molecule has 1 amide bonds. The first-order chi connectivity index (χ1) is 8.82. The number of carbonyl (C=O) groups is 1. The van der Waals surface area contributed by atoms with Crippen LogP contribution in [0.5, 0.6) is 0 Å². The van der Waals surface area contributed by atoms with Gasteiger partial charge in [0.05, 0.1) is 12.1 Å². The maximum Gasteiger partial charge on any atom is 0.416 e. The van der Waals surface area contributed by atoms with Crippen molar-refractivity contribution >= 4 is 5.91 Å². The fraction of sp³-hybridized carbons (Fsp3) is 0.462. The third-order valence-corrected chi connectivity index (χ3v) is 2.69. The Morgan fingerprint density at radius 3 is 2.63 bits per heavy atom. The number of hydrogen-bond donors (Lipinski definition) is 2. The van der Waals surface area contributed by atoms with Gasteiger partial charge in [0.25, 0.3) is 0 Å². The first-order valence-electron chi connectivity index (χ1n) is 5.93. The molecule has 1 aromatic carbocycles. The molecule has 0 aliphatic carbocycles. The van der Waals surface area contributed by atoms with Gasteiger partial charge in [-0.2, -0.15) is 13.2 Å². The molecule has 1 unspecified atom stereocenters. The molecule has 106 valence electrons. The van der Waals surface area contributed by atoms with Crippen LogP contribution in [0.1, 0.15) is 18.1 Å². The largest absolute Gasteiger partial charge is 0.416 e. The minimum absolute atomic E-state index is 0.0826. The fourth-order valence-corrected chi connectivity index (χ4v) is 1.66. The number of alkyl halides is 3. The van der Waals surface area contributed by atoms with Crippen molar-refractivity contribution in [3.05, 3.63) is 35.4 Å². The van der Waals surface area contributed by atoms with Gasteiger partial charge in [-0.05, 0) is 25.0 Å². The lowest BCUT2D eigenvalue weighted by molar-refractivity contribution is -0.137. The molecule has 1 atom stereocenters. The summed E-state index contributed by atoms with van der Waals surface area (Å²) in [7, 11) is 1.53. The van der Waals surface area contributed by atoms with Gasteiger partial charge >= 0.3 is 6.18 Å². The predicted octanol–water partition coefficient (Wildman–Crippen LogP) is 1.97. The zero-order valence-electron chi connectivity index (χ0n) is 10.8. The number of likely N-dealkylation sites (N-methyl/N-ethyl adjacent to an activating group) is 1. The van der Waals surface area contributed by atoms with Crippen LogP contribution in [0.3, 0.4) is 0 Å². The highest BCUT2D eigenvalue weighted by atomic mass is 19.4. The molecule has 0 aromatic heterocycles. The van der Waals surface area contributed by atoms with E-state index in [4.69, 9.17) is 0 Å². The molecule has 0 aliphatic rings. The lowest BCUT2D eigenvalue weighted by atomic mass is 10.0. The van der Waals surface area contributed by atoms with E-state index in [2.05, 4.69) is 10.6 Å². The first-order valence-corrected chi connectivity index (χ1v) is 5.93. The Bertz CT molecular complexity index is 432. The lowest BCUT2D eigenvalue weighted by Crippen LogP contribution is -2.37. The van der Waals surface area contributed by atoms with Crippen LogP contribution in [0, 0.1) is 0 Å². The first kappa shape index (κ1) is 15.5. The van der Waals surface area contributed by atoms with Crippen molar-refractivity contribution in [3.63, 3.8) is 0 Å². The topological polar surface area (TPSA) is 41.1 Å². The second kappa shape index (κ2) is 6.56. The fourth-order valence-electron chi connectivity index (χ4n) is 1.66. The van der Waals surface area contributed by atoms with Gasteiger partial charge < -0.3 is 10.6 Å². The van der Waals surface area contributed by atoms with E-state index >= 15 is 0 Å². The standard InChI is InChI=1S/C13H17F3N2O/c1-9(18-8-12(19)17-2)6-10-4-3-5-11(7-10)13(14,15)16/h3-5,7,9,18H,6,8H2,1-2H3,(H,17,19). The molecule has 2 N–H and O–H groups in total. The van der Waals surface area contributed by atoms with Crippen molar-refractivity contribution in [1.82, 2.24) is 10.6 Å². The van der Waals surface area contributed by atoms with Gasteiger partial charge in [-0.25, -0.2) is 0 Å². The SMILES string of the molecule is CNC(=O)CNC(C)Cc1cccc(C(F)(F)F)c1. The normalized spacial score (nSPS) is 13.1. The summed E-state index contributed by atoms with van der Waals surface area (Å²) >= 11 is 0. The molecule has 6 heteroatoms. The van der Waals surface area contributed by atoms with Crippen molar-refractivity contribution in [2.45, 2.75) is 25.6 Å². The second-order valence-corrected chi connectivity index (χ2v) is 4.36. The minimum Gasteiger partial charge on any atom is -0.358 e. The summed E-state index contributed by atoms with van der Waals surface area (Å²) in [6.07, 6.45) is -3.89. The summed E-state index contributed by atoms with van der Waals surface area (Å²) in [5, 5.41) is 5.41.